The number of thiophene rings is 1. The molecule has 3 aromatic rings. The smallest absolute Gasteiger partial charge is 0.263 e. The lowest BCUT2D eigenvalue weighted by Crippen LogP contribution is -2.24. The van der Waals surface area contributed by atoms with Crippen LogP contribution in [-0.2, 0) is 25.8 Å². The lowest BCUT2D eigenvalue weighted by atomic mass is 10.1. The molecule has 0 bridgehead atoms. The van der Waals surface area contributed by atoms with E-state index >= 15 is 0 Å². The number of rotatable bonds is 7. The molecule has 1 aliphatic rings. The van der Waals surface area contributed by atoms with Gasteiger partial charge in [0.2, 0.25) is 0 Å². The van der Waals surface area contributed by atoms with Crippen molar-refractivity contribution in [2.45, 2.75) is 51.2 Å². The Labute approximate surface area is 178 Å². The summed E-state index contributed by atoms with van der Waals surface area (Å²) in [6.07, 6.45) is 4.05. The van der Waals surface area contributed by atoms with Gasteiger partial charge in [-0.3, -0.25) is 14.2 Å². The zero-order valence-electron chi connectivity index (χ0n) is 16.8. The van der Waals surface area contributed by atoms with E-state index in [2.05, 4.69) is 13.5 Å². The van der Waals surface area contributed by atoms with E-state index in [1.165, 1.54) is 27.8 Å². The molecule has 2 heterocycles. The van der Waals surface area contributed by atoms with Crippen molar-refractivity contribution in [2.75, 3.05) is 5.75 Å². The van der Waals surface area contributed by atoms with Crippen molar-refractivity contribution >= 4 is 39.1 Å². The fraction of sp³-hybridized carbons (Fsp3) is 0.348. The topological polar surface area (TPSA) is 52.0 Å². The van der Waals surface area contributed by atoms with Gasteiger partial charge in [0.15, 0.2) is 10.9 Å². The minimum Gasteiger partial charge on any atom is -0.293 e. The van der Waals surface area contributed by atoms with Crippen molar-refractivity contribution in [3.8, 4) is 0 Å². The summed E-state index contributed by atoms with van der Waals surface area (Å²) in [5, 5.41) is 1.37. The molecule has 0 unspecified atom stereocenters. The van der Waals surface area contributed by atoms with Crippen LogP contribution in [0.25, 0.3) is 10.2 Å². The van der Waals surface area contributed by atoms with Crippen molar-refractivity contribution in [3.05, 3.63) is 68.3 Å². The third kappa shape index (κ3) is 3.96. The van der Waals surface area contributed by atoms with Crippen LogP contribution in [0.2, 0.25) is 0 Å². The fourth-order valence-electron chi connectivity index (χ4n) is 3.72. The first kappa shape index (κ1) is 20.1. The van der Waals surface area contributed by atoms with Crippen molar-refractivity contribution in [3.63, 3.8) is 0 Å². The van der Waals surface area contributed by atoms with Crippen LogP contribution >= 0.6 is 23.1 Å². The van der Waals surface area contributed by atoms with Crippen LogP contribution < -0.4 is 5.56 Å². The number of ketones is 1. The second-order valence-corrected chi connectivity index (χ2v) is 9.57. The van der Waals surface area contributed by atoms with Crippen molar-refractivity contribution in [2.24, 2.45) is 0 Å². The Bertz CT molecular complexity index is 1160. The van der Waals surface area contributed by atoms with E-state index < -0.39 is 0 Å². The molecule has 4 nitrogen and oxygen atoms in total. The average Bonchev–Trinajstić information content (AvgIpc) is 3.29. The lowest BCUT2D eigenvalue weighted by molar-refractivity contribution is 0.102. The van der Waals surface area contributed by atoms with Gasteiger partial charge in [0.25, 0.3) is 5.56 Å². The molecule has 1 aromatic carbocycles. The highest BCUT2D eigenvalue weighted by atomic mass is 32.2. The number of Topliss-reactive ketones (excluding diaryl/α,β-unsaturated/α-hetero) is 1. The number of hydrogen-bond donors (Lipinski definition) is 0. The molecule has 2 aromatic heterocycles. The van der Waals surface area contributed by atoms with Gasteiger partial charge < -0.3 is 0 Å². The number of thioether (sulfide) groups is 1. The van der Waals surface area contributed by atoms with Gasteiger partial charge in [-0.1, -0.05) is 55.1 Å². The Morgan fingerprint density at radius 1 is 1.28 bits per heavy atom. The van der Waals surface area contributed by atoms with Crippen LogP contribution in [0.4, 0.5) is 0 Å². The molecule has 29 heavy (non-hydrogen) atoms. The van der Waals surface area contributed by atoms with Crippen molar-refractivity contribution in [1.29, 1.82) is 0 Å². The number of fused-ring (bicyclic) bond motifs is 3. The molecule has 0 aliphatic heterocycles. The summed E-state index contributed by atoms with van der Waals surface area (Å²) < 4.78 is 1.69. The molecule has 0 fully saturated rings. The molecule has 0 saturated carbocycles. The number of nitrogens with zero attached hydrogens (tertiary/aromatic N) is 2. The minimum absolute atomic E-state index is 0.000326. The largest absolute Gasteiger partial charge is 0.293 e. The van der Waals surface area contributed by atoms with Gasteiger partial charge in [-0.15, -0.1) is 11.3 Å². The molecular formula is C23H24N2O2S2. The van der Waals surface area contributed by atoms with Crippen LogP contribution in [-0.4, -0.2) is 21.1 Å². The maximum absolute atomic E-state index is 13.3. The zero-order valence-corrected chi connectivity index (χ0v) is 18.4. The number of hydrogen-bond acceptors (Lipinski definition) is 5. The number of allylic oxidation sites excluding steroid dienone is 1. The number of aromatic nitrogens is 2. The van der Waals surface area contributed by atoms with Gasteiger partial charge in [0.1, 0.15) is 4.83 Å². The molecule has 6 heteroatoms. The predicted octanol–water partition coefficient (Wildman–Crippen LogP) is 5.06. The number of carbonyl (C=O) groups is 1. The van der Waals surface area contributed by atoms with E-state index in [9.17, 15) is 9.59 Å². The van der Waals surface area contributed by atoms with Crippen LogP contribution in [0.3, 0.4) is 0 Å². The second kappa shape index (κ2) is 8.28. The van der Waals surface area contributed by atoms with Crippen LogP contribution in [0.15, 0.2) is 46.4 Å². The zero-order chi connectivity index (χ0) is 20.5. The fourth-order valence-corrected chi connectivity index (χ4v) is 5.91. The Hall–Kier alpha value is -2.18. The SMILES string of the molecule is C=C(C)Cn1c(SCC(=O)c2ccc(CC)cc2)nc2sc3c(c2c1=O)CCC3. The second-order valence-electron chi connectivity index (χ2n) is 7.54. The van der Waals surface area contributed by atoms with E-state index in [0.29, 0.717) is 17.3 Å². The maximum Gasteiger partial charge on any atom is 0.263 e. The molecule has 150 valence electrons. The first-order chi connectivity index (χ1) is 14.0. The first-order valence-electron chi connectivity index (χ1n) is 9.92. The Balaban J connectivity index is 1.65. The Morgan fingerprint density at radius 3 is 2.72 bits per heavy atom. The Kier molecular flexibility index (Phi) is 5.74. The quantitative estimate of drug-likeness (QED) is 0.230. The number of aryl methyl sites for hydroxylation is 3. The van der Waals surface area contributed by atoms with Gasteiger partial charge in [-0.2, -0.15) is 0 Å². The third-order valence-corrected chi connectivity index (χ3v) is 7.40. The summed E-state index contributed by atoms with van der Waals surface area (Å²) in [4.78, 5) is 32.8. The van der Waals surface area contributed by atoms with Crippen molar-refractivity contribution in [1.82, 2.24) is 9.55 Å². The molecule has 0 N–H and O–H groups in total. The lowest BCUT2D eigenvalue weighted by Gasteiger charge is -2.12. The van der Waals surface area contributed by atoms with Crippen LogP contribution in [0, 0.1) is 0 Å². The monoisotopic (exact) mass is 424 g/mol. The molecule has 0 spiro atoms. The molecule has 0 radical (unpaired) electrons. The summed E-state index contributed by atoms with van der Waals surface area (Å²) in [5.41, 5.74) is 3.98. The van der Waals surface area contributed by atoms with Crippen molar-refractivity contribution < 1.29 is 4.79 Å². The summed E-state index contributed by atoms with van der Waals surface area (Å²) >= 11 is 2.97. The van der Waals surface area contributed by atoms with E-state index in [0.717, 1.165) is 41.5 Å². The van der Waals surface area contributed by atoms with E-state index in [1.54, 1.807) is 15.9 Å². The number of carbonyl (C=O) groups excluding carboxylic acids is 1. The van der Waals surface area contributed by atoms with Crippen LogP contribution in [0.5, 0.6) is 0 Å². The van der Waals surface area contributed by atoms with E-state index in [1.807, 2.05) is 31.2 Å². The molecule has 4 rings (SSSR count). The predicted molar refractivity (Wildman–Crippen MR) is 122 cm³/mol. The molecule has 1 aliphatic carbocycles. The highest BCUT2D eigenvalue weighted by Crippen LogP contribution is 2.35. The first-order valence-corrected chi connectivity index (χ1v) is 11.7. The summed E-state index contributed by atoms with van der Waals surface area (Å²) in [6, 6.07) is 7.74. The third-order valence-electron chi connectivity index (χ3n) is 5.23. The molecular weight excluding hydrogens is 400 g/mol. The van der Waals surface area contributed by atoms with Gasteiger partial charge in [0.05, 0.1) is 11.1 Å². The van der Waals surface area contributed by atoms with Crippen LogP contribution in [0.1, 0.15) is 46.6 Å². The highest BCUT2D eigenvalue weighted by Gasteiger charge is 2.23. The maximum atomic E-state index is 13.3. The Morgan fingerprint density at radius 2 is 2.03 bits per heavy atom. The van der Waals surface area contributed by atoms with E-state index in [4.69, 9.17) is 4.98 Å². The van der Waals surface area contributed by atoms with Gasteiger partial charge in [0, 0.05) is 17.0 Å². The molecule has 0 saturated heterocycles. The molecule has 0 amide bonds. The molecule has 0 atom stereocenters. The van der Waals surface area contributed by atoms with Gasteiger partial charge in [-0.05, 0) is 43.7 Å². The number of benzene rings is 1. The van der Waals surface area contributed by atoms with Gasteiger partial charge >= 0.3 is 0 Å². The minimum atomic E-state index is -0.000326. The summed E-state index contributed by atoms with van der Waals surface area (Å²) in [5.74, 6) is 0.299. The van der Waals surface area contributed by atoms with E-state index in [-0.39, 0.29) is 17.1 Å². The van der Waals surface area contributed by atoms with Gasteiger partial charge in [-0.25, -0.2) is 4.98 Å². The summed E-state index contributed by atoms with van der Waals surface area (Å²) in [6.45, 7) is 8.39. The standard InChI is InChI=1S/C23H24N2O2S2/c1-4-15-8-10-16(11-9-15)18(26)13-28-23-24-21-20(17-6-5-7-19(17)29-21)22(27)25(23)12-14(2)3/h8-11H,2,4-7,12-13H2,1,3H3. The highest BCUT2D eigenvalue weighted by molar-refractivity contribution is 7.99. The normalized spacial score (nSPS) is 13.0. The average molecular weight is 425 g/mol. The summed E-state index contributed by atoms with van der Waals surface area (Å²) in [7, 11) is 0.